The fourth-order valence-electron chi connectivity index (χ4n) is 7.06. The van der Waals surface area contributed by atoms with Crippen LogP contribution in [0.5, 0.6) is 17.2 Å². The summed E-state index contributed by atoms with van der Waals surface area (Å²) < 4.78 is 32.3. The van der Waals surface area contributed by atoms with Crippen LogP contribution in [-0.4, -0.2) is 78.6 Å². The molecular weight excluding hydrogens is 649 g/mol. The highest BCUT2D eigenvalue weighted by molar-refractivity contribution is 5.98. The highest BCUT2D eigenvalue weighted by Gasteiger charge is 2.32. The fourth-order valence-corrected chi connectivity index (χ4v) is 7.06. The zero-order chi connectivity index (χ0) is 35.9. The summed E-state index contributed by atoms with van der Waals surface area (Å²) in [6.45, 7) is 1.56. The van der Waals surface area contributed by atoms with Crippen LogP contribution in [0.2, 0.25) is 0 Å². The van der Waals surface area contributed by atoms with E-state index in [0.717, 1.165) is 41.6 Å². The van der Waals surface area contributed by atoms with Gasteiger partial charge in [-0.05, 0) is 86.3 Å². The van der Waals surface area contributed by atoms with Crippen molar-refractivity contribution in [2.75, 3.05) is 41.5 Å². The Morgan fingerprint density at radius 2 is 1.71 bits per heavy atom. The Morgan fingerprint density at radius 1 is 0.980 bits per heavy atom. The van der Waals surface area contributed by atoms with E-state index in [1.807, 2.05) is 47.0 Å². The Kier molecular flexibility index (Phi) is 11.3. The van der Waals surface area contributed by atoms with E-state index in [2.05, 4.69) is 10.3 Å². The second kappa shape index (κ2) is 16.2. The summed E-state index contributed by atoms with van der Waals surface area (Å²) in [7, 11) is 6.29. The minimum absolute atomic E-state index is 0.0411. The van der Waals surface area contributed by atoms with Crippen LogP contribution in [0.25, 0.3) is 11.0 Å². The molecule has 1 N–H and O–H groups in total. The van der Waals surface area contributed by atoms with Crippen molar-refractivity contribution in [3.8, 4) is 17.2 Å². The van der Waals surface area contributed by atoms with Gasteiger partial charge in [-0.25, -0.2) is 9.37 Å². The summed E-state index contributed by atoms with van der Waals surface area (Å²) in [5.41, 5.74) is 3.89. The summed E-state index contributed by atoms with van der Waals surface area (Å²) in [5.74, 6) is 0.895. The van der Waals surface area contributed by atoms with E-state index in [-0.39, 0.29) is 35.4 Å². The number of Topliss-reactive ketones (excluding diaryl/α,β-unsaturated/α-hetero) is 1. The predicted molar refractivity (Wildman–Crippen MR) is 193 cm³/mol. The molecular formula is C40H44FN5O5. The van der Waals surface area contributed by atoms with Crippen LogP contribution in [0.1, 0.15) is 63.8 Å². The fraction of sp³-hybridized carbons (Fsp3) is 0.350. The maximum absolute atomic E-state index is 14.2. The number of hydrogen-bond acceptors (Lipinski definition) is 8. The number of aromatic nitrogens is 3. The van der Waals surface area contributed by atoms with E-state index in [1.54, 1.807) is 42.4 Å². The van der Waals surface area contributed by atoms with Gasteiger partial charge in [-0.3, -0.25) is 14.6 Å². The number of carbonyl (C=O) groups excluding carboxylic acids is 2. The number of benzene rings is 3. The molecule has 11 heteroatoms. The van der Waals surface area contributed by atoms with Gasteiger partial charge in [0.05, 0.1) is 44.6 Å². The second-order valence-electron chi connectivity index (χ2n) is 13.0. The minimum atomic E-state index is -0.316. The highest BCUT2D eigenvalue weighted by Crippen LogP contribution is 2.39. The lowest BCUT2D eigenvalue weighted by Crippen LogP contribution is -2.41. The molecule has 0 radical (unpaired) electrons. The first-order valence-electron chi connectivity index (χ1n) is 17.2. The number of nitrogens with zero attached hydrogens (tertiary/aromatic N) is 4. The van der Waals surface area contributed by atoms with Crippen molar-refractivity contribution in [1.29, 1.82) is 0 Å². The van der Waals surface area contributed by atoms with Crippen molar-refractivity contribution in [2.45, 2.75) is 44.2 Å². The van der Waals surface area contributed by atoms with Gasteiger partial charge >= 0.3 is 0 Å². The van der Waals surface area contributed by atoms with Gasteiger partial charge in [0.1, 0.15) is 5.82 Å². The van der Waals surface area contributed by atoms with Gasteiger partial charge < -0.3 is 29.0 Å². The number of ether oxygens (including phenoxy) is 3. The van der Waals surface area contributed by atoms with Crippen molar-refractivity contribution in [3.63, 3.8) is 0 Å². The van der Waals surface area contributed by atoms with E-state index < -0.39 is 0 Å². The maximum Gasteiger partial charge on any atom is 0.253 e. The average Bonchev–Trinajstić information content (AvgIpc) is 3.53. The number of imidazole rings is 1. The van der Waals surface area contributed by atoms with Gasteiger partial charge in [0.15, 0.2) is 17.3 Å². The van der Waals surface area contributed by atoms with Gasteiger partial charge in [-0.15, -0.1) is 0 Å². The third kappa shape index (κ3) is 8.04. The van der Waals surface area contributed by atoms with Gasteiger partial charge in [0.25, 0.3) is 5.91 Å². The third-order valence-electron chi connectivity index (χ3n) is 9.74. The number of likely N-dealkylation sites (N-methyl/N-ethyl adjacent to an activating group) is 1. The first-order valence-corrected chi connectivity index (χ1v) is 17.2. The quantitative estimate of drug-likeness (QED) is 0.131. The van der Waals surface area contributed by atoms with Crippen LogP contribution in [0.3, 0.4) is 0 Å². The largest absolute Gasteiger partial charge is 0.493 e. The third-order valence-corrected chi connectivity index (χ3v) is 9.74. The summed E-state index contributed by atoms with van der Waals surface area (Å²) in [5, 5.41) is 3.62. The lowest BCUT2D eigenvalue weighted by atomic mass is 9.84. The summed E-state index contributed by atoms with van der Waals surface area (Å²) in [6.07, 6.45) is 4.63. The van der Waals surface area contributed by atoms with Crippen LogP contribution < -0.4 is 19.5 Å². The topological polar surface area (TPSA) is 108 Å². The Balaban J connectivity index is 1.17. The van der Waals surface area contributed by atoms with Crippen molar-refractivity contribution >= 4 is 22.7 Å². The molecule has 0 spiro atoms. The minimum Gasteiger partial charge on any atom is -0.493 e. The molecule has 3 heterocycles. The van der Waals surface area contributed by atoms with E-state index in [9.17, 15) is 14.0 Å². The number of halogens is 1. The molecule has 2 aromatic heterocycles. The monoisotopic (exact) mass is 693 g/mol. The van der Waals surface area contributed by atoms with Gasteiger partial charge in [-0.1, -0.05) is 30.3 Å². The van der Waals surface area contributed by atoms with Crippen LogP contribution in [-0.2, 0) is 6.54 Å². The van der Waals surface area contributed by atoms with Crippen molar-refractivity contribution in [1.82, 2.24) is 24.8 Å². The summed E-state index contributed by atoms with van der Waals surface area (Å²) in [6, 6.07) is 23.4. The summed E-state index contributed by atoms with van der Waals surface area (Å²) >= 11 is 0. The number of para-hydroxylation sites is 2. The molecule has 10 nitrogen and oxygen atoms in total. The molecule has 51 heavy (non-hydrogen) atoms. The first-order chi connectivity index (χ1) is 24.8. The van der Waals surface area contributed by atoms with Crippen molar-refractivity contribution < 1.29 is 28.2 Å². The SMILES string of the molecule is COc1cc(C(=O)N(C)CC(CCC2CC(C(=O)c3nc4ccccc4n3Cc3ccccn3)CCN2)c2ccc(F)cc2)cc(OC)c1OC. The molecule has 0 saturated carbocycles. The van der Waals surface area contributed by atoms with Crippen LogP contribution in [0.15, 0.2) is 85.1 Å². The molecule has 1 amide bonds. The first kappa shape index (κ1) is 35.5. The molecule has 266 valence electrons. The molecule has 0 aliphatic carbocycles. The van der Waals surface area contributed by atoms with E-state index in [0.29, 0.717) is 54.7 Å². The van der Waals surface area contributed by atoms with E-state index >= 15 is 0 Å². The Labute approximate surface area is 297 Å². The molecule has 1 fully saturated rings. The van der Waals surface area contributed by atoms with E-state index in [1.165, 1.54) is 33.5 Å². The molecule has 1 saturated heterocycles. The Bertz CT molecular complexity index is 1940. The maximum atomic E-state index is 14.2. The van der Waals surface area contributed by atoms with Crippen molar-refractivity contribution in [3.05, 3.63) is 114 Å². The van der Waals surface area contributed by atoms with Crippen LogP contribution >= 0.6 is 0 Å². The number of ketones is 1. The number of hydrogen-bond donors (Lipinski definition) is 1. The van der Waals surface area contributed by atoms with Crippen molar-refractivity contribution in [2.24, 2.45) is 5.92 Å². The van der Waals surface area contributed by atoms with E-state index in [4.69, 9.17) is 19.2 Å². The number of nitrogens with one attached hydrogen (secondary N) is 1. The molecule has 3 aromatic carbocycles. The lowest BCUT2D eigenvalue weighted by Gasteiger charge is -2.31. The lowest BCUT2D eigenvalue weighted by molar-refractivity contribution is 0.0780. The summed E-state index contributed by atoms with van der Waals surface area (Å²) in [4.78, 5) is 38.9. The number of amides is 1. The van der Waals surface area contributed by atoms with Gasteiger partial charge in [0.2, 0.25) is 11.5 Å². The number of pyridine rings is 1. The van der Waals surface area contributed by atoms with Crippen LogP contribution in [0.4, 0.5) is 4.39 Å². The smallest absolute Gasteiger partial charge is 0.253 e. The Morgan fingerprint density at radius 3 is 2.39 bits per heavy atom. The molecule has 0 bridgehead atoms. The normalized spacial score (nSPS) is 16.4. The number of rotatable bonds is 14. The molecule has 1 aliphatic heterocycles. The number of carbonyl (C=O) groups is 2. The molecule has 6 rings (SSSR count). The molecule has 1 aliphatic rings. The zero-order valence-electron chi connectivity index (χ0n) is 29.5. The number of fused-ring (bicyclic) bond motifs is 1. The number of piperidine rings is 1. The average molecular weight is 694 g/mol. The second-order valence-corrected chi connectivity index (χ2v) is 13.0. The van der Waals surface area contributed by atoms with Gasteiger partial charge in [-0.2, -0.15) is 0 Å². The van der Waals surface area contributed by atoms with Crippen LogP contribution in [0, 0.1) is 11.7 Å². The standard InChI is InChI=1S/C40H44FN5O5/c1-45(40(48)29-22-35(49-2)38(51-4)36(23-29)50-3)24-28(26-12-15-30(41)16-13-26)14-17-31-21-27(18-20-43-31)37(47)39-44-33-10-5-6-11-34(33)46(39)25-32-9-7-8-19-42-32/h5-13,15-16,19,22-23,27-28,31,43H,14,17-18,20-21,24-25H2,1-4H3. The number of methoxy groups -OCH3 is 3. The molecule has 5 aromatic rings. The Hall–Kier alpha value is -5.29. The highest BCUT2D eigenvalue weighted by atomic mass is 19.1. The zero-order valence-corrected chi connectivity index (χ0v) is 29.5. The predicted octanol–water partition coefficient (Wildman–Crippen LogP) is 6.53. The molecule has 3 unspecified atom stereocenters. The van der Waals surface area contributed by atoms with Gasteiger partial charge in [0, 0.05) is 43.2 Å². The molecule has 3 atom stereocenters.